The smallest absolute Gasteiger partial charge is 0.124 e. The van der Waals surface area contributed by atoms with E-state index < -0.39 is 0 Å². The van der Waals surface area contributed by atoms with Crippen LogP contribution in [0.5, 0.6) is 11.5 Å². The molecule has 1 aromatic carbocycles. The Balaban J connectivity index is 2.85. The molecule has 0 saturated carbocycles. The predicted molar refractivity (Wildman–Crippen MR) is 83.1 cm³/mol. The monoisotopic (exact) mass is 327 g/mol. The van der Waals surface area contributed by atoms with E-state index in [2.05, 4.69) is 48.6 Å². The fourth-order valence-corrected chi connectivity index (χ4v) is 1.59. The summed E-state index contributed by atoms with van der Waals surface area (Å²) in [5.74, 6) is 1.67. The molecule has 0 fully saturated rings. The first-order valence-electron chi connectivity index (χ1n) is 6.20. The second-order valence-electron chi connectivity index (χ2n) is 5.38. The Morgan fingerprint density at radius 3 is 2.58 bits per heavy atom. The van der Waals surface area contributed by atoms with Gasteiger partial charge in [0.05, 0.1) is 7.11 Å². The first kappa shape index (κ1) is 16.1. The zero-order valence-electron chi connectivity index (χ0n) is 12.0. The van der Waals surface area contributed by atoms with Gasteiger partial charge in [-0.1, -0.05) is 22.5 Å². The number of rotatable bonds is 6. The van der Waals surface area contributed by atoms with E-state index in [-0.39, 0.29) is 5.54 Å². The number of ether oxygens (including phenoxy) is 2. The highest BCUT2D eigenvalue weighted by Gasteiger charge is 2.12. The van der Waals surface area contributed by atoms with Crippen LogP contribution >= 0.6 is 15.9 Å². The number of hydrogen-bond donors (Lipinski definition) is 1. The van der Waals surface area contributed by atoms with Gasteiger partial charge in [0.15, 0.2) is 0 Å². The number of halogens is 1. The molecule has 0 heterocycles. The lowest BCUT2D eigenvalue weighted by molar-refractivity contribution is 0.348. The molecule has 0 unspecified atom stereocenters. The molecule has 0 aliphatic heterocycles. The van der Waals surface area contributed by atoms with E-state index in [1.165, 1.54) is 0 Å². The van der Waals surface area contributed by atoms with Crippen LogP contribution in [-0.4, -0.2) is 19.3 Å². The summed E-state index contributed by atoms with van der Waals surface area (Å²) in [5.41, 5.74) is 1.13. The minimum atomic E-state index is 0.0549. The van der Waals surface area contributed by atoms with Gasteiger partial charge in [-0.3, -0.25) is 0 Å². The van der Waals surface area contributed by atoms with Crippen LogP contribution in [0.3, 0.4) is 0 Å². The zero-order chi connectivity index (χ0) is 14.5. The number of hydrogen-bond acceptors (Lipinski definition) is 3. The van der Waals surface area contributed by atoms with Crippen LogP contribution in [0.4, 0.5) is 0 Å². The number of benzene rings is 1. The molecule has 19 heavy (non-hydrogen) atoms. The van der Waals surface area contributed by atoms with E-state index in [4.69, 9.17) is 9.47 Å². The van der Waals surface area contributed by atoms with Crippen molar-refractivity contribution >= 4 is 15.9 Å². The maximum Gasteiger partial charge on any atom is 0.124 e. The first-order chi connectivity index (χ1) is 8.81. The van der Waals surface area contributed by atoms with Crippen molar-refractivity contribution < 1.29 is 9.47 Å². The Kier molecular flexibility index (Phi) is 5.88. The van der Waals surface area contributed by atoms with E-state index >= 15 is 0 Å². The number of nitrogens with one attached hydrogen (secondary N) is 1. The molecule has 1 N–H and O–H groups in total. The second kappa shape index (κ2) is 6.96. The average Bonchev–Trinajstić information content (AvgIpc) is 2.33. The van der Waals surface area contributed by atoms with E-state index in [1.807, 2.05) is 18.2 Å². The van der Waals surface area contributed by atoms with Crippen LogP contribution in [0.15, 0.2) is 29.3 Å². The molecule has 1 aromatic rings. The van der Waals surface area contributed by atoms with Crippen LogP contribution in [0.1, 0.15) is 26.3 Å². The molecule has 3 nitrogen and oxygen atoms in total. The summed E-state index contributed by atoms with van der Waals surface area (Å²) in [4.78, 5) is 0. The van der Waals surface area contributed by atoms with Crippen LogP contribution in [0, 0.1) is 0 Å². The molecule has 0 amide bonds. The van der Waals surface area contributed by atoms with Gasteiger partial charge in [0.1, 0.15) is 18.1 Å². The summed E-state index contributed by atoms with van der Waals surface area (Å²) in [5, 5.41) is 3.45. The fraction of sp³-hybridized carbons (Fsp3) is 0.467. The molecule has 0 radical (unpaired) electrons. The molecular formula is C15H22BrNO2. The van der Waals surface area contributed by atoms with Crippen molar-refractivity contribution in [2.24, 2.45) is 0 Å². The first-order valence-corrected chi connectivity index (χ1v) is 6.99. The third kappa shape index (κ3) is 6.12. The zero-order valence-corrected chi connectivity index (χ0v) is 13.6. The van der Waals surface area contributed by atoms with Gasteiger partial charge >= 0.3 is 0 Å². The van der Waals surface area contributed by atoms with Crippen molar-refractivity contribution in [3.05, 3.63) is 34.8 Å². The highest BCUT2D eigenvalue weighted by molar-refractivity contribution is 9.11. The van der Waals surface area contributed by atoms with Gasteiger partial charge in [-0.15, -0.1) is 0 Å². The summed E-state index contributed by atoms with van der Waals surface area (Å²) >= 11 is 3.30. The Hall–Kier alpha value is -1.00. The Morgan fingerprint density at radius 2 is 2.05 bits per heavy atom. The van der Waals surface area contributed by atoms with Gasteiger partial charge in [-0.25, -0.2) is 0 Å². The van der Waals surface area contributed by atoms with E-state index in [1.54, 1.807) is 7.11 Å². The minimum Gasteiger partial charge on any atom is -0.497 e. The maximum absolute atomic E-state index is 5.72. The fourth-order valence-electron chi connectivity index (χ4n) is 1.48. The van der Waals surface area contributed by atoms with Crippen molar-refractivity contribution in [2.75, 3.05) is 13.7 Å². The molecule has 0 aliphatic carbocycles. The largest absolute Gasteiger partial charge is 0.497 e. The minimum absolute atomic E-state index is 0.0549. The number of methoxy groups -OCH3 is 1. The van der Waals surface area contributed by atoms with Gasteiger partial charge in [0.2, 0.25) is 0 Å². The molecule has 0 spiro atoms. The molecule has 0 aromatic heterocycles. The van der Waals surface area contributed by atoms with Crippen molar-refractivity contribution in [1.82, 2.24) is 5.32 Å². The van der Waals surface area contributed by atoms with Gasteiger partial charge < -0.3 is 14.8 Å². The average molecular weight is 328 g/mol. The lowest BCUT2D eigenvalue weighted by Gasteiger charge is -2.22. The molecular weight excluding hydrogens is 306 g/mol. The molecule has 0 atom stereocenters. The Morgan fingerprint density at radius 1 is 1.37 bits per heavy atom. The van der Waals surface area contributed by atoms with Crippen molar-refractivity contribution in [2.45, 2.75) is 32.9 Å². The quantitative estimate of drug-likeness (QED) is 0.860. The Bertz CT molecular complexity index is 438. The topological polar surface area (TPSA) is 30.5 Å². The van der Waals surface area contributed by atoms with Crippen LogP contribution < -0.4 is 14.8 Å². The predicted octanol–water partition coefficient (Wildman–Crippen LogP) is 3.87. The van der Waals surface area contributed by atoms with Crippen molar-refractivity contribution in [1.29, 1.82) is 0 Å². The molecule has 4 heteroatoms. The van der Waals surface area contributed by atoms with Crippen molar-refractivity contribution in [3.63, 3.8) is 0 Å². The lowest BCUT2D eigenvalue weighted by atomic mass is 10.1. The molecule has 0 bridgehead atoms. The summed E-state index contributed by atoms with van der Waals surface area (Å²) in [6.07, 6.45) is 0. The SMILES string of the molecule is C=C(Br)COc1ccc(OC)cc1CNC(C)(C)C. The molecule has 106 valence electrons. The third-order valence-electron chi connectivity index (χ3n) is 2.46. The highest BCUT2D eigenvalue weighted by atomic mass is 79.9. The van der Waals surface area contributed by atoms with Gasteiger partial charge in [0, 0.05) is 22.1 Å². The molecule has 1 rings (SSSR count). The van der Waals surface area contributed by atoms with Crippen LogP contribution in [-0.2, 0) is 6.54 Å². The van der Waals surface area contributed by atoms with Gasteiger partial charge in [-0.2, -0.15) is 0 Å². The normalized spacial score (nSPS) is 11.2. The van der Waals surface area contributed by atoms with Crippen LogP contribution in [0.25, 0.3) is 0 Å². The molecule has 0 aliphatic rings. The summed E-state index contributed by atoms with van der Waals surface area (Å²) in [7, 11) is 1.66. The van der Waals surface area contributed by atoms with Gasteiger partial charge in [-0.05, 0) is 39.0 Å². The van der Waals surface area contributed by atoms with Gasteiger partial charge in [0.25, 0.3) is 0 Å². The van der Waals surface area contributed by atoms with Crippen LogP contribution in [0.2, 0.25) is 0 Å². The maximum atomic E-state index is 5.72. The summed E-state index contributed by atoms with van der Waals surface area (Å²) < 4.78 is 11.8. The van der Waals surface area contributed by atoms with E-state index in [9.17, 15) is 0 Å². The van der Waals surface area contributed by atoms with Crippen molar-refractivity contribution in [3.8, 4) is 11.5 Å². The Labute approximate surface area is 124 Å². The van der Waals surface area contributed by atoms with E-state index in [0.29, 0.717) is 6.61 Å². The third-order valence-corrected chi connectivity index (χ3v) is 2.69. The molecule has 0 saturated heterocycles. The summed E-state index contributed by atoms with van der Waals surface area (Å²) in [6.45, 7) is 11.3. The summed E-state index contributed by atoms with van der Waals surface area (Å²) in [6, 6.07) is 5.81. The second-order valence-corrected chi connectivity index (χ2v) is 6.50. The lowest BCUT2D eigenvalue weighted by Crippen LogP contribution is -2.35. The van der Waals surface area contributed by atoms with E-state index in [0.717, 1.165) is 28.1 Å². The standard InChI is InChI=1S/C15H22BrNO2/c1-11(16)10-19-14-7-6-13(18-5)8-12(14)9-17-15(2,3)4/h6-8,17H,1,9-10H2,2-5H3. The highest BCUT2D eigenvalue weighted by Crippen LogP contribution is 2.25.